The molecule has 0 amide bonds. The van der Waals surface area contributed by atoms with E-state index in [1.165, 1.54) is 13.0 Å². The predicted octanol–water partition coefficient (Wildman–Crippen LogP) is 1.31. The lowest BCUT2D eigenvalue weighted by molar-refractivity contribution is -0.129. The van der Waals surface area contributed by atoms with Gasteiger partial charge in [-0.3, -0.25) is 4.79 Å². The quantitative estimate of drug-likeness (QED) is 0.587. The van der Waals surface area contributed by atoms with Crippen molar-refractivity contribution in [3.63, 3.8) is 0 Å². The lowest BCUT2D eigenvalue weighted by Gasteiger charge is -2.40. The smallest absolute Gasteiger partial charge is 0.138 e. The molecule has 2 nitrogen and oxygen atoms in total. The summed E-state index contributed by atoms with van der Waals surface area (Å²) in [5, 5.41) is 0. The highest BCUT2D eigenvalue weighted by Crippen LogP contribution is 2.28. The Morgan fingerprint density at radius 3 is 3.08 bits per heavy atom. The van der Waals surface area contributed by atoms with Gasteiger partial charge in [0.2, 0.25) is 0 Å². The molecular weight excluding hydrogens is 150 g/mol. The van der Waals surface area contributed by atoms with Gasteiger partial charge in [-0.05, 0) is 12.3 Å². The fraction of sp³-hybridized carbons (Fsp3) is 0.900. The molecule has 2 bridgehead atoms. The number of carbonyl (C=O) groups is 1. The third kappa shape index (κ3) is 1.40. The van der Waals surface area contributed by atoms with Crippen molar-refractivity contribution in [3.8, 4) is 0 Å². The summed E-state index contributed by atoms with van der Waals surface area (Å²) in [6.07, 6.45) is 3.20. The van der Waals surface area contributed by atoms with Crippen LogP contribution in [0.3, 0.4) is 0 Å². The van der Waals surface area contributed by atoms with Gasteiger partial charge < -0.3 is 4.90 Å². The fourth-order valence-electron chi connectivity index (χ4n) is 2.49. The molecule has 2 aliphatic heterocycles. The molecule has 12 heavy (non-hydrogen) atoms. The van der Waals surface area contributed by atoms with Crippen LogP contribution in [-0.4, -0.2) is 30.3 Å². The first kappa shape index (κ1) is 8.24. The van der Waals surface area contributed by atoms with Gasteiger partial charge in [0.05, 0.1) is 0 Å². The summed E-state index contributed by atoms with van der Waals surface area (Å²) in [6, 6.07) is 0. The Hall–Kier alpha value is -0.370. The lowest BCUT2D eigenvalue weighted by atomic mass is 9.81. The van der Waals surface area contributed by atoms with E-state index in [1.807, 2.05) is 0 Å². The third-order valence-electron chi connectivity index (χ3n) is 3.32. The number of carbonyl (C=O) groups excluding carboxylic acids is 1. The van der Waals surface area contributed by atoms with Gasteiger partial charge in [0.1, 0.15) is 5.78 Å². The summed E-state index contributed by atoms with van der Waals surface area (Å²) in [5.41, 5.74) is 0. The van der Waals surface area contributed by atoms with Crippen molar-refractivity contribution in [3.05, 3.63) is 0 Å². The zero-order chi connectivity index (χ0) is 8.55. The second-order valence-corrected chi connectivity index (χ2v) is 4.18. The maximum absolute atomic E-state index is 11.4. The Morgan fingerprint density at radius 2 is 2.33 bits per heavy atom. The van der Waals surface area contributed by atoms with Gasteiger partial charge in [-0.2, -0.15) is 0 Å². The van der Waals surface area contributed by atoms with Crippen molar-refractivity contribution < 1.29 is 4.79 Å². The van der Waals surface area contributed by atoms with E-state index in [9.17, 15) is 4.79 Å². The molecule has 0 N–H and O–H groups in total. The SMILES string of the molecule is CCC1CC2CN(CCC2=O)C1. The summed E-state index contributed by atoms with van der Waals surface area (Å²) in [6.45, 7) is 5.54. The van der Waals surface area contributed by atoms with E-state index in [4.69, 9.17) is 0 Å². The summed E-state index contributed by atoms with van der Waals surface area (Å²) >= 11 is 0. The van der Waals surface area contributed by atoms with Crippen LogP contribution in [0, 0.1) is 11.8 Å². The molecule has 2 rings (SSSR count). The van der Waals surface area contributed by atoms with Gasteiger partial charge in [-0.15, -0.1) is 0 Å². The van der Waals surface area contributed by atoms with Gasteiger partial charge in [0.25, 0.3) is 0 Å². The zero-order valence-corrected chi connectivity index (χ0v) is 7.75. The van der Waals surface area contributed by atoms with E-state index in [-0.39, 0.29) is 0 Å². The minimum atomic E-state index is 0.387. The maximum atomic E-state index is 11.4. The van der Waals surface area contributed by atoms with Crippen LogP contribution in [0.1, 0.15) is 26.2 Å². The van der Waals surface area contributed by atoms with Crippen LogP contribution >= 0.6 is 0 Å². The first-order valence-electron chi connectivity index (χ1n) is 5.04. The average Bonchev–Trinajstić information content (AvgIpc) is 2.12. The second kappa shape index (κ2) is 3.17. The minimum Gasteiger partial charge on any atom is -0.302 e. The van der Waals surface area contributed by atoms with E-state index in [1.54, 1.807) is 0 Å². The molecule has 2 saturated heterocycles. The Labute approximate surface area is 73.9 Å². The van der Waals surface area contributed by atoms with Crippen molar-refractivity contribution in [1.82, 2.24) is 4.90 Å². The van der Waals surface area contributed by atoms with Gasteiger partial charge in [-0.25, -0.2) is 0 Å². The highest BCUT2D eigenvalue weighted by molar-refractivity contribution is 5.82. The molecule has 3 unspecified atom stereocenters. The molecule has 0 aliphatic carbocycles. The van der Waals surface area contributed by atoms with Crippen LogP contribution in [0.4, 0.5) is 0 Å². The minimum absolute atomic E-state index is 0.387. The van der Waals surface area contributed by atoms with Gasteiger partial charge in [0, 0.05) is 32.0 Å². The first-order chi connectivity index (χ1) is 5.79. The number of piperidine rings is 2. The Balaban J connectivity index is 2.03. The van der Waals surface area contributed by atoms with E-state index < -0.39 is 0 Å². The number of hydrogen-bond donors (Lipinski definition) is 0. The number of nitrogens with zero attached hydrogens (tertiary/aromatic N) is 1. The molecule has 2 heterocycles. The first-order valence-corrected chi connectivity index (χ1v) is 5.04. The van der Waals surface area contributed by atoms with Crippen LogP contribution in [0.25, 0.3) is 0 Å². The molecule has 0 saturated carbocycles. The maximum Gasteiger partial charge on any atom is 0.138 e. The molecule has 0 aromatic carbocycles. The number of fused-ring (bicyclic) bond motifs is 2. The molecule has 0 radical (unpaired) electrons. The van der Waals surface area contributed by atoms with E-state index in [0.717, 1.165) is 31.8 Å². The third-order valence-corrected chi connectivity index (χ3v) is 3.32. The molecule has 68 valence electrons. The molecule has 0 spiro atoms. The van der Waals surface area contributed by atoms with Crippen molar-refractivity contribution in [1.29, 1.82) is 0 Å². The Morgan fingerprint density at radius 1 is 1.50 bits per heavy atom. The van der Waals surface area contributed by atoms with E-state index in [0.29, 0.717) is 11.7 Å². The highest BCUT2D eigenvalue weighted by Gasteiger charge is 2.34. The Kier molecular flexibility index (Phi) is 2.18. The molecule has 2 aliphatic rings. The second-order valence-electron chi connectivity index (χ2n) is 4.18. The molecular formula is C10H17NO. The van der Waals surface area contributed by atoms with Crippen molar-refractivity contribution in [2.24, 2.45) is 11.8 Å². The normalized spacial score (nSPS) is 41.4. The largest absolute Gasteiger partial charge is 0.302 e. The molecule has 2 heteroatoms. The van der Waals surface area contributed by atoms with Crippen LogP contribution in [0.15, 0.2) is 0 Å². The van der Waals surface area contributed by atoms with E-state index in [2.05, 4.69) is 11.8 Å². The van der Waals surface area contributed by atoms with Crippen LogP contribution in [0.5, 0.6) is 0 Å². The van der Waals surface area contributed by atoms with Crippen LogP contribution in [-0.2, 0) is 4.79 Å². The van der Waals surface area contributed by atoms with Crippen molar-refractivity contribution >= 4 is 5.78 Å². The number of ketones is 1. The average molecular weight is 167 g/mol. The highest BCUT2D eigenvalue weighted by atomic mass is 16.1. The van der Waals surface area contributed by atoms with E-state index >= 15 is 0 Å². The van der Waals surface area contributed by atoms with Crippen molar-refractivity contribution in [2.75, 3.05) is 19.6 Å². The predicted molar refractivity (Wildman–Crippen MR) is 48.0 cm³/mol. The lowest BCUT2D eigenvalue weighted by Crippen LogP contribution is -2.48. The van der Waals surface area contributed by atoms with Gasteiger partial charge in [-0.1, -0.05) is 13.3 Å². The monoisotopic (exact) mass is 167 g/mol. The summed E-state index contributed by atoms with van der Waals surface area (Å²) in [4.78, 5) is 13.9. The summed E-state index contributed by atoms with van der Waals surface area (Å²) < 4.78 is 0. The van der Waals surface area contributed by atoms with Crippen LogP contribution < -0.4 is 0 Å². The van der Waals surface area contributed by atoms with Crippen LogP contribution in [0.2, 0.25) is 0 Å². The number of hydrogen-bond acceptors (Lipinski definition) is 2. The molecule has 2 fully saturated rings. The van der Waals surface area contributed by atoms with Gasteiger partial charge >= 0.3 is 0 Å². The summed E-state index contributed by atoms with van der Waals surface area (Å²) in [7, 11) is 0. The number of rotatable bonds is 1. The molecule has 0 aromatic rings. The van der Waals surface area contributed by atoms with Crippen molar-refractivity contribution in [2.45, 2.75) is 26.2 Å². The topological polar surface area (TPSA) is 20.3 Å². The van der Waals surface area contributed by atoms with Gasteiger partial charge in [0.15, 0.2) is 0 Å². The number of Topliss-reactive ketones (excluding diaryl/α,β-unsaturated/α-hetero) is 1. The fourth-order valence-corrected chi connectivity index (χ4v) is 2.49. The summed E-state index contributed by atoms with van der Waals surface area (Å²) in [5.74, 6) is 1.69. The standard InChI is InChI=1S/C10H17NO/c1-2-8-5-9-7-11(6-8)4-3-10(9)12/h8-9H,2-7H2,1H3. The molecule has 0 aromatic heterocycles. The molecule has 3 atom stereocenters. The zero-order valence-electron chi connectivity index (χ0n) is 7.75. The Bertz CT molecular complexity index is 190.